The first-order valence-corrected chi connectivity index (χ1v) is 6.90. The summed E-state index contributed by atoms with van der Waals surface area (Å²) in [6.45, 7) is 0.285. The zero-order chi connectivity index (χ0) is 14.6. The molecule has 2 N–H and O–H groups in total. The number of benzene rings is 1. The number of non-ortho nitro benzene ring substituents is 1. The molecule has 0 heterocycles. The lowest BCUT2D eigenvalue weighted by atomic mass is 9.94. The predicted octanol–water partition coefficient (Wildman–Crippen LogP) is 3.23. The van der Waals surface area contributed by atoms with Gasteiger partial charge in [-0.2, -0.15) is 0 Å². The third kappa shape index (κ3) is 3.90. The number of nitrogens with one attached hydrogen (secondary N) is 1. The molecule has 0 aliphatic heterocycles. The lowest BCUT2D eigenvalue weighted by Gasteiger charge is -2.27. The molecule has 0 radical (unpaired) electrons. The summed E-state index contributed by atoms with van der Waals surface area (Å²) in [5.74, 6) is -0.658. The molecule has 1 aromatic carbocycles. The van der Waals surface area contributed by atoms with Crippen LogP contribution in [0.4, 0.5) is 15.8 Å². The van der Waals surface area contributed by atoms with Crippen molar-refractivity contribution in [1.29, 1.82) is 0 Å². The van der Waals surface area contributed by atoms with Gasteiger partial charge in [-0.3, -0.25) is 10.1 Å². The average Bonchev–Trinajstić information content (AvgIpc) is 2.61. The van der Waals surface area contributed by atoms with Crippen LogP contribution in [0.15, 0.2) is 18.2 Å². The summed E-state index contributed by atoms with van der Waals surface area (Å²) < 4.78 is 13.3. The van der Waals surface area contributed by atoms with E-state index in [0.29, 0.717) is 18.5 Å². The highest BCUT2D eigenvalue weighted by Crippen LogP contribution is 2.28. The molecule has 0 bridgehead atoms. The lowest BCUT2D eigenvalue weighted by molar-refractivity contribution is -0.385. The van der Waals surface area contributed by atoms with Crippen LogP contribution >= 0.6 is 0 Å². The molecule has 0 spiro atoms. The number of hydrogen-bond acceptors (Lipinski definition) is 4. The molecule has 0 saturated heterocycles. The van der Waals surface area contributed by atoms with Crippen LogP contribution in [-0.4, -0.2) is 22.2 Å². The fraction of sp³-hybridized carbons (Fsp3) is 0.571. The second-order valence-electron chi connectivity index (χ2n) is 5.45. The Kier molecular flexibility index (Phi) is 4.54. The average molecular weight is 282 g/mol. The predicted molar refractivity (Wildman–Crippen MR) is 74.2 cm³/mol. The zero-order valence-corrected chi connectivity index (χ0v) is 11.3. The van der Waals surface area contributed by atoms with E-state index in [1.165, 1.54) is 12.1 Å². The Morgan fingerprint density at radius 3 is 2.50 bits per heavy atom. The van der Waals surface area contributed by atoms with Gasteiger partial charge in [-0.15, -0.1) is 0 Å². The number of rotatable bonds is 4. The van der Waals surface area contributed by atoms with Gasteiger partial charge in [-0.25, -0.2) is 4.39 Å². The van der Waals surface area contributed by atoms with Crippen molar-refractivity contribution in [3.63, 3.8) is 0 Å². The van der Waals surface area contributed by atoms with E-state index in [1.807, 2.05) is 0 Å². The Morgan fingerprint density at radius 1 is 1.25 bits per heavy atom. The van der Waals surface area contributed by atoms with Crippen LogP contribution < -0.4 is 5.32 Å². The van der Waals surface area contributed by atoms with Crippen molar-refractivity contribution in [2.75, 3.05) is 11.9 Å². The summed E-state index contributed by atoms with van der Waals surface area (Å²) in [5, 5.41) is 24.1. The first kappa shape index (κ1) is 14.7. The number of nitro benzene ring substituents is 1. The molecule has 110 valence electrons. The third-order valence-corrected chi connectivity index (χ3v) is 3.75. The second-order valence-corrected chi connectivity index (χ2v) is 5.45. The molecular weight excluding hydrogens is 263 g/mol. The molecule has 1 saturated carbocycles. The van der Waals surface area contributed by atoms with Crippen molar-refractivity contribution in [2.45, 2.75) is 44.1 Å². The molecule has 5 nitrogen and oxygen atoms in total. The Bertz CT molecular complexity index is 485. The fourth-order valence-electron chi connectivity index (χ4n) is 2.61. The number of nitro groups is 1. The highest BCUT2D eigenvalue weighted by atomic mass is 19.1. The summed E-state index contributed by atoms with van der Waals surface area (Å²) >= 11 is 0. The minimum absolute atomic E-state index is 0.285. The van der Waals surface area contributed by atoms with E-state index in [4.69, 9.17) is 0 Å². The van der Waals surface area contributed by atoms with E-state index < -0.39 is 16.3 Å². The molecule has 0 aromatic heterocycles. The Morgan fingerprint density at radius 2 is 1.90 bits per heavy atom. The van der Waals surface area contributed by atoms with Crippen molar-refractivity contribution < 1.29 is 14.4 Å². The van der Waals surface area contributed by atoms with Gasteiger partial charge in [0.2, 0.25) is 0 Å². The first-order chi connectivity index (χ1) is 9.48. The summed E-state index contributed by atoms with van der Waals surface area (Å²) in [4.78, 5) is 10.1. The largest absolute Gasteiger partial charge is 0.388 e. The molecule has 20 heavy (non-hydrogen) atoms. The van der Waals surface area contributed by atoms with E-state index in [1.54, 1.807) is 0 Å². The van der Waals surface area contributed by atoms with Gasteiger partial charge in [0.1, 0.15) is 5.82 Å². The molecule has 0 unspecified atom stereocenters. The molecule has 0 amide bonds. The van der Waals surface area contributed by atoms with E-state index in [2.05, 4.69) is 5.32 Å². The first-order valence-electron chi connectivity index (χ1n) is 6.90. The van der Waals surface area contributed by atoms with Gasteiger partial charge < -0.3 is 10.4 Å². The summed E-state index contributed by atoms with van der Waals surface area (Å²) in [5.41, 5.74) is -0.771. The van der Waals surface area contributed by atoms with Crippen molar-refractivity contribution in [3.05, 3.63) is 34.1 Å². The van der Waals surface area contributed by atoms with Crippen molar-refractivity contribution in [2.24, 2.45) is 0 Å². The van der Waals surface area contributed by atoms with Crippen molar-refractivity contribution >= 4 is 11.4 Å². The Balaban J connectivity index is 2.04. The van der Waals surface area contributed by atoms with Gasteiger partial charge in [-0.1, -0.05) is 25.7 Å². The highest BCUT2D eigenvalue weighted by Gasteiger charge is 2.27. The van der Waals surface area contributed by atoms with Crippen LogP contribution in [0.2, 0.25) is 0 Å². The molecule has 1 aliphatic rings. The van der Waals surface area contributed by atoms with Crippen LogP contribution in [0.25, 0.3) is 0 Å². The second kappa shape index (κ2) is 6.17. The molecule has 0 atom stereocenters. The van der Waals surface area contributed by atoms with E-state index >= 15 is 0 Å². The summed E-state index contributed by atoms with van der Waals surface area (Å²) in [6.07, 6.45) is 5.60. The summed E-state index contributed by atoms with van der Waals surface area (Å²) in [7, 11) is 0. The van der Waals surface area contributed by atoms with Gasteiger partial charge in [0, 0.05) is 18.3 Å². The minimum atomic E-state index is -0.808. The normalized spacial score (nSPS) is 18.3. The number of anilines is 1. The quantitative estimate of drug-likeness (QED) is 0.505. The summed E-state index contributed by atoms with van der Waals surface area (Å²) in [6, 6.07) is 3.36. The topological polar surface area (TPSA) is 75.4 Å². The molecule has 1 fully saturated rings. The van der Waals surface area contributed by atoms with Gasteiger partial charge in [0.25, 0.3) is 5.69 Å². The SMILES string of the molecule is O=[N+]([O-])c1cc(F)cc(NCC2(O)CCCCCC2)c1. The van der Waals surface area contributed by atoms with Gasteiger partial charge in [0.05, 0.1) is 16.6 Å². The van der Waals surface area contributed by atoms with Gasteiger partial charge in [0.15, 0.2) is 0 Å². The monoisotopic (exact) mass is 282 g/mol. The van der Waals surface area contributed by atoms with Crippen LogP contribution in [0.3, 0.4) is 0 Å². The molecule has 1 aromatic rings. The lowest BCUT2D eigenvalue weighted by Crippen LogP contribution is -2.36. The molecular formula is C14H19FN2O3. The Hall–Kier alpha value is -1.69. The van der Waals surface area contributed by atoms with Crippen LogP contribution in [0.1, 0.15) is 38.5 Å². The zero-order valence-electron chi connectivity index (χ0n) is 11.3. The molecule has 1 aliphatic carbocycles. The molecule has 6 heteroatoms. The number of aliphatic hydroxyl groups is 1. The van der Waals surface area contributed by atoms with E-state index in [9.17, 15) is 19.6 Å². The maximum absolute atomic E-state index is 13.3. The van der Waals surface area contributed by atoms with E-state index in [-0.39, 0.29) is 12.2 Å². The number of hydrogen-bond donors (Lipinski definition) is 2. The highest BCUT2D eigenvalue weighted by molar-refractivity contribution is 5.51. The smallest absolute Gasteiger partial charge is 0.274 e. The minimum Gasteiger partial charge on any atom is -0.388 e. The van der Waals surface area contributed by atoms with Crippen molar-refractivity contribution in [1.82, 2.24) is 0 Å². The number of nitrogens with zero attached hydrogens (tertiary/aromatic N) is 1. The third-order valence-electron chi connectivity index (χ3n) is 3.75. The van der Waals surface area contributed by atoms with Crippen LogP contribution in [0.5, 0.6) is 0 Å². The van der Waals surface area contributed by atoms with Gasteiger partial charge in [-0.05, 0) is 18.9 Å². The number of halogens is 1. The van der Waals surface area contributed by atoms with E-state index in [0.717, 1.165) is 31.7 Å². The van der Waals surface area contributed by atoms with Crippen LogP contribution in [0, 0.1) is 15.9 Å². The fourth-order valence-corrected chi connectivity index (χ4v) is 2.61. The maximum atomic E-state index is 13.3. The van der Waals surface area contributed by atoms with Crippen molar-refractivity contribution in [3.8, 4) is 0 Å². The molecule has 2 rings (SSSR count). The maximum Gasteiger partial charge on any atom is 0.274 e. The van der Waals surface area contributed by atoms with Gasteiger partial charge >= 0.3 is 0 Å². The Labute approximate surface area is 117 Å². The standard InChI is InChI=1S/C14H19FN2O3/c15-11-7-12(9-13(8-11)17(19)20)16-10-14(18)5-3-1-2-4-6-14/h7-9,16,18H,1-6,10H2. The van der Waals surface area contributed by atoms with Crippen LogP contribution in [-0.2, 0) is 0 Å².